The Morgan fingerprint density at radius 3 is 1.49 bits per heavy atom. The first-order chi connectivity index (χ1) is 20.0. The summed E-state index contributed by atoms with van der Waals surface area (Å²) in [6.45, 7) is 22.0. The Balaban J connectivity index is 1.25. The molecule has 0 unspecified atom stereocenters. The molecule has 5 atom stereocenters. The van der Waals surface area contributed by atoms with Gasteiger partial charge in [-0.25, -0.2) is 0 Å². The van der Waals surface area contributed by atoms with E-state index in [1.54, 1.807) is 0 Å². The normalized spacial score (nSPS) is 38.1. The van der Waals surface area contributed by atoms with Gasteiger partial charge in [-0.15, -0.1) is 0 Å². The minimum absolute atomic E-state index is 0.00957. The summed E-state index contributed by atoms with van der Waals surface area (Å²) in [5, 5.41) is 10.3. The summed E-state index contributed by atoms with van der Waals surface area (Å²) in [4.78, 5) is 0. The Morgan fingerprint density at radius 2 is 1.00 bits per heavy atom. The van der Waals surface area contributed by atoms with Crippen LogP contribution < -0.4 is 0 Å². The highest BCUT2D eigenvalue weighted by atomic mass is 16.6. The molecule has 2 saturated carbocycles. The molecule has 3 nitrogen and oxygen atoms in total. The van der Waals surface area contributed by atoms with E-state index in [-0.39, 0.29) is 39.3 Å². The summed E-state index contributed by atoms with van der Waals surface area (Å²) in [6, 6.07) is 0. The minimum Gasteiger partial charge on any atom is -0.393 e. The molecule has 0 amide bonds. The maximum Gasteiger partial charge on any atom is 0.121 e. The van der Waals surface area contributed by atoms with Crippen LogP contribution >= 0.6 is 0 Å². The summed E-state index contributed by atoms with van der Waals surface area (Å²) >= 11 is 0. The van der Waals surface area contributed by atoms with Gasteiger partial charge in [0.05, 0.1) is 11.7 Å². The molecule has 2 heterocycles. The highest BCUT2D eigenvalue weighted by molar-refractivity contribution is 5.38. The number of hydrogen-bond donors (Lipinski definition) is 1. The molecule has 0 radical (unpaired) electrons. The third kappa shape index (κ3) is 6.80. The largest absolute Gasteiger partial charge is 0.393 e. The fourth-order valence-electron chi connectivity index (χ4n) is 7.82. The molecule has 43 heavy (non-hydrogen) atoms. The Bertz CT molecular complexity index is 1340. The molecular formula is C40H56O3. The van der Waals surface area contributed by atoms with Crippen LogP contribution in [0.25, 0.3) is 0 Å². The van der Waals surface area contributed by atoms with Gasteiger partial charge < -0.3 is 14.6 Å². The average Bonchev–Trinajstić information content (AvgIpc) is 3.74. The van der Waals surface area contributed by atoms with E-state index in [0.29, 0.717) is 6.42 Å². The van der Waals surface area contributed by atoms with Crippen molar-refractivity contribution >= 4 is 0 Å². The van der Waals surface area contributed by atoms with Crippen molar-refractivity contribution in [3.8, 4) is 0 Å². The van der Waals surface area contributed by atoms with Gasteiger partial charge >= 0.3 is 0 Å². The van der Waals surface area contributed by atoms with Gasteiger partial charge in [-0.3, -0.25) is 0 Å². The Kier molecular flexibility index (Phi) is 9.44. The van der Waals surface area contributed by atoms with Gasteiger partial charge in [-0.1, -0.05) is 123 Å². The van der Waals surface area contributed by atoms with Crippen LogP contribution in [0.1, 0.15) is 101 Å². The molecule has 0 aromatic rings. The van der Waals surface area contributed by atoms with Crippen LogP contribution in [0.15, 0.2) is 107 Å². The lowest BCUT2D eigenvalue weighted by molar-refractivity contribution is 0.0515. The van der Waals surface area contributed by atoms with Crippen LogP contribution in [0.5, 0.6) is 0 Å². The zero-order chi connectivity index (χ0) is 31.7. The number of fused-ring (bicyclic) bond motifs is 2. The third-order valence-electron chi connectivity index (χ3n) is 10.5. The van der Waals surface area contributed by atoms with E-state index in [9.17, 15) is 5.11 Å². The SMILES string of the molecule is CC(C=C[C@@]12O[C@]1(C)CCCC2(C)C)=CC=CC(C)=C/C=C/C=C(C)/C=C/C=C(C)/C=C/[C@@]12O[C@]1(C)C[C@@H](O)CC2(C)C. The number of hydrogen-bond acceptors (Lipinski definition) is 3. The predicted octanol–water partition coefficient (Wildman–Crippen LogP) is 10.00. The van der Waals surface area contributed by atoms with Crippen molar-refractivity contribution in [3.05, 3.63) is 107 Å². The van der Waals surface area contributed by atoms with Crippen LogP contribution in [-0.2, 0) is 9.47 Å². The summed E-state index contributed by atoms with van der Waals surface area (Å²) in [5.74, 6) is 0. The van der Waals surface area contributed by atoms with Crippen LogP contribution in [0.2, 0.25) is 0 Å². The molecule has 0 bridgehead atoms. The standard InChI is InChI=1S/C40H56O3/c1-30(18-13-20-32(3)22-26-39-35(5,6)24-15-25-37(39,9)42-39)16-11-12-17-31(2)19-14-21-33(4)23-27-40-36(7,8)28-34(41)29-38(40,10)43-40/h11-14,16-23,26-27,34,41H,15,24-25,28-29H2,1-10H3/b12-11+,18-13?,19-14+,26-22?,27-23+,30-16?,31-17+,32-20?,33-21+/t34-,37+,38+,39-,40-/m0/s1. The quantitative estimate of drug-likeness (QED) is 0.205. The lowest BCUT2D eigenvalue weighted by Crippen LogP contribution is -2.46. The van der Waals surface area contributed by atoms with Gasteiger partial charge in [-0.2, -0.15) is 0 Å². The molecule has 0 aromatic carbocycles. The molecule has 3 heteroatoms. The van der Waals surface area contributed by atoms with E-state index >= 15 is 0 Å². The van der Waals surface area contributed by atoms with Gasteiger partial charge in [0, 0.05) is 17.3 Å². The maximum atomic E-state index is 10.3. The number of aliphatic hydroxyl groups excluding tert-OH is 1. The third-order valence-corrected chi connectivity index (χ3v) is 10.5. The Labute approximate surface area is 262 Å². The van der Waals surface area contributed by atoms with Crippen LogP contribution in [-0.4, -0.2) is 33.6 Å². The predicted molar refractivity (Wildman–Crippen MR) is 182 cm³/mol. The zero-order valence-electron chi connectivity index (χ0n) is 28.5. The lowest BCUT2D eigenvalue weighted by Gasteiger charge is -2.39. The zero-order valence-corrected chi connectivity index (χ0v) is 28.5. The first-order valence-electron chi connectivity index (χ1n) is 16.2. The van der Waals surface area contributed by atoms with E-state index in [1.165, 1.54) is 35.1 Å². The molecule has 1 N–H and O–H groups in total. The molecular weight excluding hydrogens is 528 g/mol. The van der Waals surface area contributed by atoms with Gasteiger partial charge in [0.1, 0.15) is 16.8 Å². The molecule has 2 aliphatic carbocycles. The first kappa shape index (κ1) is 33.4. The van der Waals surface area contributed by atoms with Gasteiger partial charge in [0.25, 0.3) is 0 Å². The summed E-state index contributed by atoms with van der Waals surface area (Å²) in [7, 11) is 0. The molecule has 2 aliphatic heterocycles. The van der Waals surface area contributed by atoms with E-state index < -0.39 is 0 Å². The molecule has 2 saturated heterocycles. The summed E-state index contributed by atoms with van der Waals surface area (Å²) < 4.78 is 12.6. The number of ether oxygens (including phenoxy) is 2. The highest BCUT2D eigenvalue weighted by Crippen LogP contribution is 2.67. The van der Waals surface area contributed by atoms with E-state index in [1.807, 2.05) is 0 Å². The molecule has 4 fully saturated rings. The molecule has 234 valence electrons. The fraction of sp³-hybridized carbons (Fsp3) is 0.550. The lowest BCUT2D eigenvalue weighted by atomic mass is 9.63. The monoisotopic (exact) mass is 584 g/mol. The fourth-order valence-corrected chi connectivity index (χ4v) is 7.82. The topological polar surface area (TPSA) is 45.3 Å². The van der Waals surface area contributed by atoms with Crippen LogP contribution in [0.4, 0.5) is 0 Å². The molecule has 0 spiro atoms. The second kappa shape index (κ2) is 12.1. The maximum absolute atomic E-state index is 10.3. The summed E-state index contributed by atoms with van der Waals surface area (Å²) in [6.07, 6.45) is 34.9. The van der Waals surface area contributed by atoms with Gasteiger partial charge in [0.2, 0.25) is 0 Å². The van der Waals surface area contributed by atoms with Gasteiger partial charge in [0.15, 0.2) is 0 Å². The van der Waals surface area contributed by atoms with E-state index in [0.717, 1.165) is 12.8 Å². The van der Waals surface area contributed by atoms with E-state index in [4.69, 9.17) is 9.47 Å². The number of rotatable bonds is 10. The minimum atomic E-state index is -0.286. The molecule has 4 aliphatic rings. The van der Waals surface area contributed by atoms with E-state index in [2.05, 4.69) is 154 Å². The van der Waals surface area contributed by atoms with Crippen molar-refractivity contribution in [2.24, 2.45) is 10.8 Å². The average molecular weight is 585 g/mol. The smallest absolute Gasteiger partial charge is 0.121 e. The van der Waals surface area contributed by atoms with Crippen molar-refractivity contribution < 1.29 is 14.6 Å². The van der Waals surface area contributed by atoms with Crippen molar-refractivity contribution in [1.29, 1.82) is 0 Å². The number of allylic oxidation sites excluding steroid dienone is 16. The first-order valence-corrected chi connectivity index (χ1v) is 16.2. The molecule has 0 aromatic heterocycles. The number of epoxide rings is 2. The summed E-state index contributed by atoms with van der Waals surface area (Å²) in [5.41, 5.74) is 4.24. The number of aliphatic hydroxyl groups is 1. The Hall–Kier alpha value is -2.46. The Morgan fingerprint density at radius 1 is 0.558 bits per heavy atom. The second-order valence-electron chi connectivity index (χ2n) is 15.2. The van der Waals surface area contributed by atoms with Crippen LogP contribution in [0.3, 0.4) is 0 Å². The highest BCUT2D eigenvalue weighted by Gasteiger charge is 2.75. The second-order valence-corrected chi connectivity index (χ2v) is 15.2. The van der Waals surface area contributed by atoms with Crippen molar-refractivity contribution in [1.82, 2.24) is 0 Å². The van der Waals surface area contributed by atoms with Crippen molar-refractivity contribution in [2.45, 2.75) is 130 Å². The van der Waals surface area contributed by atoms with Gasteiger partial charge in [-0.05, 0) is 79.4 Å². The van der Waals surface area contributed by atoms with Crippen molar-refractivity contribution in [3.63, 3.8) is 0 Å². The van der Waals surface area contributed by atoms with Crippen LogP contribution in [0, 0.1) is 10.8 Å². The molecule has 4 rings (SSSR count). The van der Waals surface area contributed by atoms with Crippen molar-refractivity contribution in [2.75, 3.05) is 0 Å².